The number of hydrogen-bond donors (Lipinski definition) is 2. The van der Waals surface area contributed by atoms with Crippen LogP contribution in [0.15, 0.2) is 24.3 Å². The highest BCUT2D eigenvalue weighted by Crippen LogP contribution is 2.38. The van der Waals surface area contributed by atoms with Crippen molar-refractivity contribution in [3.63, 3.8) is 0 Å². The lowest BCUT2D eigenvalue weighted by Gasteiger charge is -2.36. The minimum absolute atomic E-state index is 0.0821. The van der Waals surface area contributed by atoms with Crippen LogP contribution < -0.4 is 10.6 Å². The largest absolute Gasteiger partial charge is 0.347 e. The van der Waals surface area contributed by atoms with Crippen LogP contribution in [0.1, 0.15) is 83.4 Å². The third-order valence-corrected chi connectivity index (χ3v) is 6.75. The molecule has 2 fully saturated rings. The average molecular weight is 414 g/mol. The lowest BCUT2D eigenvalue weighted by atomic mass is 9.73. The Labute approximate surface area is 179 Å². The maximum atomic E-state index is 13.1. The van der Waals surface area contributed by atoms with Gasteiger partial charge >= 0.3 is 6.03 Å². The fraction of sp³-hybridized carbons (Fsp3) is 0.625. The van der Waals surface area contributed by atoms with E-state index < -0.39 is 11.6 Å². The Morgan fingerprint density at radius 2 is 1.77 bits per heavy atom. The van der Waals surface area contributed by atoms with Crippen LogP contribution in [0.2, 0.25) is 0 Å². The van der Waals surface area contributed by atoms with Gasteiger partial charge < -0.3 is 10.6 Å². The SMILES string of the molecule is CC(C)c1ccc([C@H](NC(=O)CN2C(=O)N[C@@]3(CCCC[C@@H]3C)C2=O)C(C)C)cc1. The number of nitrogens with zero attached hydrogens (tertiary/aromatic N) is 1. The molecular formula is C24H35N3O3. The van der Waals surface area contributed by atoms with Gasteiger partial charge in [0.1, 0.15) is 12.1 Å². The number of urea groups is 1. The van der Waals surface area contributed by atoms with E-state index in [1.54, 1.807) is 0 Å². The number of carbonyl (C=O) groups excluding carboxylic acids is 3. The molecule has 1 aliphatic carbocycles. The van der Waals surface area contributed by atoms with Gasteiger partial charge in [-0.25, -0.2) is 4.79 Å². The highest BCUT2D eigenvalue weighted by molar-refractivity contribution is 6.09. The van der Waals surface area contributed by atoms with Crippen LogP contribution in [0.4, 0.5) is 4.79 Å². The molecule has 0 aromatic heterocycles. The van der Waals surface area contributed by atoms with Crippen molar-refractivity contribution >= 4 is 17.8 Å². The number of nitrogens with one attached hydrogen (secondary N) is 2. The Kier molecular flexibility index (Phi) is 6.53. The van der Waals surface area contributed by atoms with E-state index in [-0.39, 0.29) is 36.2 Å². The predicted octanol–water partition coefficient (Wildman–Crippen LogP) is 4.12. The minimum Gasteiger partial charge on any atom is -0.347 e. The van der Waals surface area contributed by atoms with Crippen LogP contribution in [0.25, 0.3) is 0 Å². The van der Waals surface area contributed by atoms with Crippen LogP contribution in [-0.2, 0) is 9.59 Å². The third-order valence-electron chi connectivity index (χ3n) is 6.75. The maximum Gasteiger partial charge on any atom is 0.325 e. The second kappa shape index (κ2) is 8.78. The molecule has 3 rings (SSSR count). The molecule has 0 bridgehead atoms. The highest BCUT2D eigenvalue weighted by atomic mass is 16.2. The molecule has 1 spiro atoms. The summed E-state index contributed by atoms with van der Waals surface area (Å²) < 4.78 is 0. The first-order chi connectivity index (χ1) is 14.2. The fourth-order valence-corrected chi connectivity index (χ4v) is 4.72. The molecule has 3 atom stereocenters. The van der Waals surface area contributed by atoms with Gasteiger partial charge in [-0.15, -0.1) is 0 Å². The van der Waals surface area contributed by atoms with Gasteiger partial charge in [-0.05, 0) is 41.7 Å². The van der Waals surface area contributed by atoms with Crippen LogP contribution in [0, 0.1) is 11.8 Å². The quantitative estimate of drug-likeness (QED) is 0.689. The lowest BCUT2D eigenvalue weighted by Crippen LogP contribution is -2.54. The van der Waals surface area contributed by atoms with Gasteiger partial charge in [-0.2, -0.15) is 0 Å². The van der Waals surface area contributed by atoms with Gasteiger partial charge in [-0.3, -0.25) is 14.5 Å². The number of benzene rings is 1. The second-order valence-corrected chi connectivity index (χ2v) is 9.55. The molecule has 1 saturated carbocycles. The predicted molar refractivity (Wildman–Crippen MR) is 117 cm³/mol. The molecule has 1 heterocycles. The molecule has 6 nitrogen and oxygen atoms in total. The van der Waals surface area contributed by atoms with Crippen LogP contribution in [0.5, 0.6) is 0 Å². The summed E-state index contributed by atoms with van der Waals surface area (Å²) in [7, 11) is 0. The van der Waals surface area contributed by atoms with Gasteiger partial charge in [0.25, 0.3) is 5.91 Å². The van der Waals surface area contributed by atoms with Crippen molar-refractivity contribution in [2.75, 3.05) is 6.54 Å². The van der Waals surface area contributed by atoms with E-state index in [2.05, 4.69) is 36.6 Å². The Morgan fingerprint density at radius 1 is 1.13 bits per heavy atom. The van der Waals surface area contributed by atoms with Gasteiger partial charge in [0.05, 0.1) is 6.04 Å². The number of hydrogen-bond acceptors (Lipinski definition) is 3. The van der Waals surface area contributed by atoms with Crippen molar-refractivity contribution in [3.05, 3.63) is 35.4 Å². The first-order valence-corrected chi connectivity index (χ1v) is 11.2. The summed E-state index contributed by atoms with van der Waals surface area (Å²) in [6, 6.07) is 7.65. The zero-order valence-electron chi connectivity index (χ0n) is 18.8. The summed E-state index contributed by atoms with van der Waals surface area (Å²) in [6.45, 7) is 10.2. The summed E-state index contributed by atoms with van der Waals surface area (Å²) >= 11 is 0. The third kappa shape index (κ3) is 4.23. The molecule has 1 aliphatic heterocycles. The molecular weight excluding hydrogens is 378 g/mol. The maximum absolute atomic E-state index is 13.1. The topological polar surface area (TPSA) is 78.5 Å². The average Bonchev–Trinajstić information content (AvgIpc) is 2.93. The zero-order chi connectivity index (χ0) is 22.1. The lowest BCUT2D eigenvalue weighted by molar-refractivity contribution is -0.137. The Balaban J connectivity index is 1.70. The van der Waals surface area contributed by atoms with Crippen molar-refractivity contribution < 1.29 is 14.4 Å². The van der Waals surface area contributed by atoms with E-state index in [0.29, 0.717) is 12.3 Å². The van der Waals surface area contributed by atoms with Crippen molar-refractivity contribution in [2.24, 2.45) is 11.8 Å². The van der Waals surface area contributed by atoms with Crippen molar-refractivity contribution in [3.8, 4) is 0 Å². The molecule has 0 unspecified atom stereocenters. The van der Waals surface area contributed by atoms with E-state index in [1.807, 2.05) is 32.9 Å². The van der Waals surface area contributed by atoms with E-state index in [0.717, 1.165) is 29.7 Å². The summed E-state index contributed by atoms with van der Waals surface area (Å²) in [6.07, 6.45) is 3.54. The van der Waals surface area contributed by atoms with Gasteiger partial charge in [0.2, 0.25) is 5.91 Å². The number of imide groups is 1. The molecule has 4 amide bonds. The van der Waals surface area contributed by atoms with Crippen molar-refractivity contribution in [2.45, 2.75) is 77.8 Å². The first kappa shape index (κ1) is 22.3. The monoisotopic (exact) mass is 413 g/mol. The smallest absolute Gasteiger partial charge is 0.325 e. The molecule has 1 aromatic carbocycles. The minimum atomic E-state index is -0.834. The van der Waals surface area contributed by atoms with Crippen LogP contribution >= 0.6 is 0 Å². The molecule has 1 saturated heterocycles. The Bertz CT molecular complexity index is 802. The normalized spacial score (nSPS) is 25.2. The zero-order valence-corrected chi connectivity index (χ0v) is 18.8. The van der Waals surface area contributed by atoms with Gasteiger partial charge in [0, 0.05) is 0 Å². The van der Waals surface area contributed by atoms with E-state index >= 15 is 0 Å². The molecule has 0 radical (unpaired) electrons. The first-order valence-electron chi connectivity index (χ1n) is 11.2. The highest BCUT2D eigenvalue weighted by Gasteiger charge is 2.55. The number of rotatable bonds is 6. The number of amides is 4. The van der Waals surface area contributed by atoms with Crippen molar-refractivity contribution in [1.82, 2.24) is 15.5 Å². The number of carbonyl (C=O) groups is 3. The Hall–Kier alpha value is -2.37. The molecule has 2 aliphatic rings. The van der Waals surface area contributed by atoms with E-state index in [9.17, 15) is 14.4 Å². The van der Waals surface area contributed by atoms with Crippen molar-refractivity contribution in [1.29, 1.82) is 0 Å². The summed E-state index contributed by atoms with van der Waals surface area (Å²) in [5, 5.41) is 5.95. The van der Waals surface area contributed by atoms with E-state index in [1.165, 1.54) is 5.56 Å². The Morgan fingerprint density at radius 3 is 2.33 bits per heavy atom. The summed E-state index contributed by atoms with van der Waals surface area (Å²) in [4.78, 5) is 39.6. The second-order valence-electron chi connectivity index (χ2n) is 9.55. The molecule has 1 aromatic rings. The molecule has 2 N–H and O–H groups in total. The fourth-order valence-electron chi connectivity index (χ4n) is 4.72. The van der Waals surface area contributed by atoms with Crippen LogP contribution in [-0.4, -0.2) is 34.8 Å². The molecule has 30 heavy (non-hydrogen) atoms. The van der Waals surface area contributed by atoms with Crippen LogP contribution in [0.3, 0.4) is 0 Å². The summed E-state index contributed by atoms with van der Waals surface area (Å²) in [5.41, 5.74) is 1.44. The summed E-state index contributed by atoms with van der Waals surface area (Å²) in [5.74, 6) is 0.133. The van der Waals surface area contributed by atoms with E-state index in [4.69, 9.17) is 0 Å². The molecule has 164 valence electrons. The standard InChI is InChI=1S/C24H35N3O3/c1-15(2)18-9-11-19(12-10-18)21(16(3)4)25-20(28)14-27-22(29)24(26-23(27)30)13-7-6-8-17(24)5/h9-12,15-17,21H,6-8,13-14H2,1-5H3,(H,25,28)(H,26,30)/t17-,21+,24+/m0/s1. The van der Waals surface area contributed by atoms with Gasteiger partial charge in [-0.1, -0.05) is 71.7 Å². The van der Waals surface area contributed by atoms with Gasteiger partial charge in [0.15, 0.2) is 0 Å². The molecule has 6 heteroatoms.